The third kappa shape index (κ3) is 2.95. The van der Waals surface area contributed by atoms with E-state index in [4.69, 9.17) is 4.74 Å². The van der Waals surface area contributed by atoms with Crippen molar-refractivity contribution in [2.45, 2.75) is 45.9 Å². The fourth-order valence-electron chi connectivity index (χ4n) is 4.18. The summed E-state index contributed by atoms with van der Waals surface area (Å²) in [5, 5.41) is 7.82. The molecule has 1 amide bonds. The summed E-state index contributed by atoms with van der Waals surface area (Å²) in [6.07, 6.45) is 2.90. The van der Waals surface area contributed by atoms with Gasteiger partial charge in [-0.25, -0.2) is 0 Å². The number of aromatic nitrogens is 3. The van der Waals surface area contributed by atoms with Crippen molar-refractivity contribution in [2.75, 3.05) is 26.8 Å². The molecule has 0 spiro atoms. The lowest BCUT2D eigenvalue weighted by Gasteiger charge is -2.20. The Morgan fingerprint density at radius 3 is 3.08 bits per heavy atom. The Kier molecular flexibility index (Phi) is 4.58. The Hall–Kier alpha value is -2.12. The summed E-state index contributed by atoms with van der Waals surface area (Å²) in [5.41, 5.74) is 5.25. The van der Waals surface area contributed by atoms with Crippen molar-refractivity contribution < 1.29 is 9.53 Å². The van der Waals surface area contributed by atoms with Crippen LogP contribution < -0.4 is 5.32 Å². The number of hydrogen-bond donors (Lipinski definition) is 1. The van der Waals surface area contributed by atoms with Gasteiger partial charge < -0.3 is 19.5 Å². The molecule has 1 fully saturated rings. The lowest BCUT2D eigenvalue weighted by atomic mass is 10.1. The molecule has 7 nitrogen and oxygen atoms in total. The maximum Gasteiger partial charge on any atom is 0.255 e. The van der Waals surface area contributed by atoms with Gasteiger partial charge in [0.1, 0.15) is 0 Å². The summed E-state index contributed by atoms with van der Waals surface area (Å²) >= 11 is 0. The molecule has 4 heterocycles. The van der Waals surface area contributed by atoms with Crippen LogP contribution in [0.1, 0.15) is 45.5 Å². The minimum Gasteiger partial charge on any atom is -0.379 e. The van der Waals surface area contributed by atoms with Crippen LogP contribution in [-0.2, 0) is 24.4 Å². The van der Waals surface area contributed by atoms with Gasteiger partial charge in [0.05, 0.1) is 36.6 Å². The van der Waals surface area contributed by atoms with Crippen molar-refractivity contribution in [1.82, 2.24) is 24.6 Å². The zero-order valence-corrected chi connectivity index (χ0v) is 15.8. The second kappa shape index (κ2) is 6.89. The van der Waals surface area contributed by atoms with Gasteiger partial charge >= 0.3 is 0 Å². The van der Waals surface area contributed by atoms with Gasteiger partial charge in [-0.2, -0.15) is 5.10 Å². The van der Waals surface area contributed by atoms with Crippen LogP contribution in [0.2, 0.25) is 0 Å². The van der Waals surface area contributed by atoms with E-state index in [0.29, 0.717) is 12.6 Å². The van der Waals surface area contributed by atoms with E-state index < -0.39 is 0 Å². The highest BCUT2D eigenvalue weighted by molar-refractivity contribution is 5.95. The van der Waals surface area contributed by atoms with Crippen molar-refractivity contribution in [3.05, 3.63) is 40.5 Å². The molecule has 2 aromatic rings. The number of nitrogens with zero attached hydrogens (tertiary/aromatic N) is 4. The molecule has 26 heavy (non-hydrogen) atoms. The molecule has 4 rings (SSSR count). The number of aryl methyl sites for hydroxylation is 1. The first kappa shape index (κ1) is 17.3. The van der Waals surface area contributed by atoms with Crippen LogP contribution in [0, 0.1) is 13.8 Å². The number of nitrogens with one attached hydrogen (secondary N) is 1. The molecule has 0 bridgehead atoms. The fourth-order valence-corrected chi connectivity index (χ4v) is 4.18. The van der Waals surface area contributed by atoms with Crippen LogP contribution >= 0.6 is 0 Å². The molecule has 2 aromatic heterocycles. The Morgan fingerprint density at radius 1 is 1.46 bits per heavy atom. The van der Waals surface area contributed by atoms with Gasteiger partial charge in [0.15, 0.2) is 0 Å². The van der Waals surface area contributed by atoms with Crippen molar-refractivity contribution in [1.29, 1.82) is 0 Å². The molecule has 1 atom stereocenters. The Balaban J connectivity index is 1.54. The van der Waals surface area contributed by atoms with E-state index in [1.807, 2.05) is 30.9 Å². The highest BCUT2D eigenvalue weighted by Crippen LogP contribution is 2.27. The molecule has 0 aliphatic carbocycles. The molecule has 1 unspecified atom stereocenters. The molecule has 0 saturated carbocycles. The monoisotopic (exact) mass is 357 g/mol. The largest absolute Gasteiger partial charge is 0.379 e. The average molecular weight is 357 g/mol. The number of ether oxygens (including phenoxy) is 1. The normalized spacial score (nSPS) is 19.6. The molecular weight excluding hydrogens is 330 g/mol. The molecule has 2 aliphatic heterocycles. The van der Waals surface area contributed by atoms with Crippen molar-refractivity contribution in [2.24, 2.45) is 0 Å². The molecule has 140 valence electrons. The van der Waals surface area contributed by atoms with Gasteiger partial charge in [0, 0.05) is 50.2 Å². The second-order valence-corrected chi connectivity index (χ2v) is 7.35. The second-order valence-electron chi connectivity index (χ2n) is 7.35. The van der Waals surface area contributed by atoms with E-state index in [9.17, 15) is 4.79 Å². The summed E-state index contributed by atoms with van der Waals surface area (Å²) in [6.45, 7) is 8.86. The summed E-state index contributed by atoms with van der Waals surface area (Å²) in [4.78, 5) is 14.9. The van der Waals surface area contributed by atoms with Gasteiger partial charge in [-0.05, 0) is 26.3 Å². The van der Waals surface area contributed by atoms with Crippen LogP contribution in [0.5, 0.6) is 0 Å². The molecular formula is C19H27N5O2. The molecule has 0 aromatic carbocycles. The Morgan fingerprint density at radius 2 is 2.31 bits per heavy atom. The Bertz CT molecular complexity index is 816. The maximum absolute atomic E-state index is 13.1. The standard InChI is InChI=1S/C19H27N5O2/c1-13-8-17(14(2)24(13)16-4-7-26-12-16)19(25)22(3)11-15-9-21-23-6-5-20-10-18(15)23/h8-9,16,20H,4-7,10-12H2,1-3H3. The number of carbonyl (C=O) groups is 1. The number of carbonyl (C=O) groups excluding carboxylic acids is 1. The fraction of sp³-hybridized carbons (Fsp3) is 0.579. The van der Waals surface area contributed by atoms with E-state index in [1.54, 1.807) is 4.90 Å². The minimum atomic E-state index is 0.0620. The molecule has 0 radical (unpaired) electrons. The quantitative estimate of drug-likeness (QED) is 0.903. The first-order chi connectivity index (χ1) is 12.6. The smallest absolute Gasteiger partial charge is 0.255 e. The lowest BCUT2D eigenvalue weighted by molar-refractivity contribution is 0.0783. The van der Waals surface area contributed by atoms with Gasteiger partial charge in [0.2, 0.25) is 0 Å². The van der Waals surface area contributed by atoms with E-state index in [-0.39, 0.29) is 5.91 Å². The average Bonchev–Trinajstić information content (AvgIpc) is 3.35. The first-order valence-electron chi connectivity index (χ1n) is 9.32. The van der Waals surface area contributed by atoms with E-state index >= 15 is 0 Å². The van der Waals surface area contributed by atoms with Crippen LogP contribution in [0.4, 0.5) is 0 Å². The Labute approximate surface area is 153 Å². The lowest BCUT2D eigenvalue weighted by Crippen LogP contribution is -2.31. The predicted molar refractivity (Wildman–Crippen MR) is 98.1 cm³/mol. The molecule has 1 saturated heterocycles. The zero-order valence-electron chi connectivity index (χ0n) is 15.8. The molecule has 7 heteroatoms. The third-order valence-electron chi connectivity index (χ3n) is 5.57. The van der Waals surface area contributed by atoms with Crippen LogP contribution in [0.25, 0.3) is 0 Å². The van der Waals surface area contributed by atoms with E-state index in [1.165, 1.54) is 5.69 Å². The number of amides is 1. The molecule has 1 N–H and O–H groups in total. The summed E-state index contributed by atoms with van der Waals surface area (Å²) in [5.74, 6) is 0.0620. The number of rotatable bonds is 4. The summed E-state index contributed by atoms with van der Waals surface area (Å²) < 4.78 is 9.83. The van der Waals surface area contributed by atoms with Gasteiger partial charge in [0.25, 0.3) is 5.91 Å². The predicted octanol–water partition coefficient (Wildman–Crippen LogP) is 1.64. The van der Waals surface area contributed by atoms with Crippen molar-refractivity contribution >= 4 is 5.91 Å². The highest BCUT2D eigenvalue weighted by atomic mass is 16.5. The zero-order chi connectivity index (χ0) is 18.3. The van der Waals surface area contributed by atoms with Crippen molar-refractivity contribution in [3.63, 3.8) is 0 Å². The topological polar surface area (TPSA) is 64.3 Å². The SMILES string of the molecule is Cc1cc(C(=O)N(C)Cc2cnn3c2CNCC3)c(C)n1C1CCOC1. The first-order valence-corrected chi connectivity index (χ1v) is 9.32. The van der Waals surface area contributed by atoms with Crippen LogP contribution in [0.3, 0.4) is 0 Å². The maximum atomic E-state index is 13.1. The van der Waals surface area contributed by atoms with Gasteiger partial charge in [-0.15, -0.1) is 0 Å². The third-order valence-corrected chi connectivity index (χ3v) is 5.57. The highest BCUT2D eigenvalue weighted by Gasteiger charge is 2.26. The van der Waals surface area contributed by atoms with Crippen molar-refractivity contribution in [3.8, 4) is 0 Å². The number of hydrogen-bond acceptors (Lipinski definition) is 4. The molecule has 2 aliphatic rings. The van der Waals surface area contributed by atoms with Gasteiger partial charge in [-0.3, -0.25) is 9.48 Å². The van der Waals surface area contributed by atoms with E-state index in [0.717, 1.165) is 61.8 Å². The van der Waals surface area contributed by atoms with E-state index in [2.05, 4.69) is 21.9 Å². The minimum absolute atomic E-state index is 0.0620. The van der Waals surface area contributed by atoms with Gasteiger partial charge in [-0.1, -0.05) is 0 Å². The summed E-state index contributed by atoms with van der Waals surface area (Å²) in [7, 11) is 1.87. The number of fused-ring (bicyclic) bond motifs is 1. The van der Waals surface area contributed by atoms with Crippen LogP contribution in [0.15, 0.2) is 12.3 Å². The summed E-state index contributed by atoms with van der Waals surface area (Å²) in [6, 6.07) is 2.36. The van der Waals surface area contributed by atoms with Crippen LogP contribution in [-0.4, -0.2) is 52.0 Å².